The van der Waals surface area contributed by atoms with Crippen molar-refractivity contribution in [1.29, 1.82) is 0 Å². The predicted molar refractivity (Wildman–Crippen MR) is 98.9 cm³/mol. The smallest absolute Gasteiger partial charge is 0.871 e. The Morgan fingerprint density at radius 1 is 0.903 bits per heavy atom. The average Bonchev–Trinajstić information content (AvgIpc) is 2.60. The largest absolute Gasteiger partial charge is 3.00 e. The van der Waals surface area contributed by atoms with Crippen LogP contribution in [-0.2, 0) is 27.5 Å². The van der Waals surface area contributed by atoms with Crippen molar-refractivity contribution in [3.8, 4) is 11.5 Å². The molecule has 3 aromatic carbocycles. The Hall–Kier alpha value is -3.16. The van der Waals surface area contributed by atoms with Gasteiger partial charge < -0.3 is 31.2 Å². The van der Waals surface area contributed by atoms with Crippen LogP contribution in [-0.4, -0.2) is 34.3 Å². The molecule has 0 unspecified atom stereocenters. The summed E-state index contributed by atoms with van der Waals surface area (Å²) in [6, 6.07) is 10.5. The van der Waals surface area contributed by atoms with Crippen LogP contribution < -0.4 is 10.2 Å². The number of nitro groups is 1. The molecular weight excluding hydrogens is 478 g/mol. The molecule has 0 aliphatic carbocycles. The second kappa shape index (κ2) is 11.3. The molecule has 3 aromatic rings. The molecule has 6 N–H and O–H groups in total. The predicted octanol–water partition coefficient (Wildman–Crippen LogP) is -0.262. The van der Waals surface area contributed by atoms with E-state index in [9.17, 15) is 33.3 Å². The molecule has 0 fully saturated rings. The van der Waals surface area contributed by atoms with E-state index >= 15 is 0 Å². The van der Waals surface area contributed by atoms with Gasteiger partial charge in [0, 0.05) is 17.5 Å². The van der Waals surface area contributed by atoms with E-state index in [2.05, 4.69) is 10.2 Å². The molecule has 0 saturated heterocycles. The summed E-state index contributed by atoms with van der Waals surface area (Å²) in [4.78, 5) is 8.64. The van der Waals surface area contributed by atoms with Crippen LogP contribution >= 0.6 is 0 Å². The maximum absolute atomic E-state index is 12.1. The molecule has 0 atom stereocenters. The third-order valence-corrected chi connectivity index (χ3v) is 4.46. The van der Waals surface area contributed by atoms with Crippen LogP contribution in [0.25, 0.3) is 10.8 Å². The molecule has 3 rings (SSSR count). The summed E-state index contributed by atoms with van der Waals surface area (Å²) >= 11 is 0. The fourth-order valence-electron chi connectivity index (χ4n) is 2.38. The van der Waals surface area contributed by atoms with Crippen molar-refractivity contribution in [3.05, 3.63) is 58.6 Å². The first-order valence-corrected chi connectivity index (χ1v) is 8.65. The van der Waals surface area contributed by atoms with Crippen LogP contribution in [0.5, 0.6) is 11.5 Å². The number of fused-ring (bicyclic) bond motifs is 1. The van der Waals surface area contributed by atoms with Crippen LogP contribution in [0.3, 0.4) is 0 Å². The minimum atomic E-state index is -5.27. The maximum atomic E-state index is 12.1. The van der Waals surface area contributed by atoms with Gasteiger partial charge in [0.1, 0.15) is 10.1 Å². The summed E-state index contributed by atoms with van der Waals surface area (Å²) in [5.41, 5.74) is -1.70. The number of non-ortho nitro benzene ring substituents is 1. The number of nitro benzene ring substituents is 1. The molecule has 0 bridgehead atoms. The topological polar surface area (TPSA) is 266 Å². The minimum absolute atomic E-state index is 0. The zero-order valence-electron chi connectivity index (χ0n) is 15.1. The Morgan fingerprint density at radius 2 is 1.52 bits per heavy atom. The number of rotatable bonds is 4. The van der Waals surface area contributed by atoms with E-state index < -0.39 is 42.8 Å². The summed E-state index contributed by atoms with van der Waals surface area (Å²) in [5, 5.41) is 43.4. The molecule has 31 heavy (non-hydrogen) atoms. The van der Waals surface area contributed by atoms with Gasteiger partial charge in [0.15, 0.2) is 0 Å². The molecule has 0 aliphatic rings. The van der Waals surface area contributed by atoms with Gasteiger partial charge in [-0.05, 0) is 5.39 Å². The molecule has 13 nitrogen and oxygen atoms in total. The quantitative estimate of drug-likeness (QED) is 0.203. The van der Waals surface area contributed by atoms with Gasteiger partial charge in [-0.15, -0.1) is 0 Å². The number of nitrogens with zero attached hydrogens (tertiary/aromatic N) is 3. The molecule has 15 heteroatoms. The summed E-state index contributed by atoms with van der Waals surface area (Å²) in [5.74, 6) is -1.86. The Bertz CT molecular complexity index is 1220. The van der Waals surface area contributed by atoms with E-state index in [4.69, 9.17) is 0 Å². The van der Waals surface area contributed by atoms with E-state index in [0.717, 1.165) is 0 Å². The number of benzene rings is 3. The first kappa shape index (κ1) is 30.0. The van der Waals surface area contributed by atoms with Crippen molar-refractivity contribution in [2.45, 2.75) is 4.90 Å². The van der Waals surface area contributed by atoms with Gasteiger partial charge in [-0.3, -0.25) is 10.1 Å². The molecular formula is C16H14CrN3O10S. The van der Waals surface area contributed by atoms with Crippen molar-refractivity contribution in [2.75, 3.05) is 0 Å². The Balaban J connectivity index is 0. The van der Waals surface area contributed by atoms with E-state index in [1.54, 1.807) is 30.3 Å². The third-order valence-electron chi connectivity index (χ3n) is 3.62. The van der Waals surface area contributed by atoms with Gasteiger partial charge in [0.2, 0.25) is 0 Å². The van der Waals surface area contributed by atoms with Gasteiger partial charge in [0.25, 0.3) is 5.69 Å². The van der Waals surface area contributed by atoms with E-state index in [0.29, 0.717) is 22.9 Å². The van der Waals surface area contributed by atoms with Crippen molar-refractivity contribution >= 4 is 38.0 Å². The zero-order valence-corrected chi connectivity index (χ0v) is 17.2. The van der Waals surface area contributed by atoms with E-state index in [1.807, 2.05) is 0 Å². The Labute approximate surface area is 185 Å². The second-order valence-corrected chi connectivity index (χ2v) is 6.68. The van der Waals surface area contributed by atoms with Crippen molar-refractivity contribution < 1.29 is 61.9 Å². The fraction of sp³-hybridized carbons (Fsp3) is 0. The Morgan fingerprint density at radius 3 is 2.10 bits per heavy atom. The van der Waals surface area contributed by atoms with Gasteiger partial charge in [-0.25, -0.2) is 8.42 Å². The average molecular weight is 492 g/mol. The summed E-state index contributed by atoms with van der Waals surface area (Å²) in [7, 11) is -5.27. The van der Waals surface area contributed by atoms with Gasteiger partial charge >= 0.3 is 17.4 Å². The van der Waals surface area contributed by atoms with E-state index in [-0.39, 0.29) is 39.5 Å². The molecule has 165 valence electrons. The van der Waals surface area contributed by atoms with Gasteiger partial charge in [-0.1, -0.05) is 47.9 Å². The first-order valence-electron chi connectivity index (χ1n) is 7.24. The zero-order chi connectivity index (χ0) is 19.8. The SMILES string of the molecule is O.O.O.O=[N+]([O-])c1cc(N=Nc2c([O-])ccc3ccccc23)c([O-])c(S(=O)(=O)[O-])c1.[Cr+3]. The molecule has 0 spiro atoms. The van der Waals surface area contributed by atoms with Gasteiger partial charge in [-0.2, -0.15) is 10.2 Å². The van der Waals surface area contributed by atoms with Crippen molar-refractivity contribution in [1.82, 2.24) is 0 Å². The fourth-order valence-corrected chi connectivity index (χ4v) is 2.98. The normalized spacial score (nSPS) is 10.4. The van der Waals surface area contributed by atoms with Crippen LogP contribution in [0.2, 0.25) is 0 Å². The van der Waals surface area contributed by atoms with Crippen molar-refractivity contribution in [2.24, 2.45) is 10.2 Å². The molecule has 0 aromatic heterocycles. The first-order chi connectivity index (χ1) is 12.7. The van der Waals surface area contributed by atoms with Crippen molar-refractivity contribution in [3.63, 3.8) is 0 Å². The van der Waals surface area contributed by atoms with Crippen LogP contribution in [0, 0.1) is 10.1 Å². The minimum Gasteiger partial charge on any atom is -0.871 e. The second-order valence-electron chi connectivity index (χ2n) is 5.34. The number of hydrogen-bond acceptors (Lipinski definition) is 9. The molecule has 0 saturated carbocycles. The molecule has 1 radical (unpaired) electrons. The molecule has 0 heterocycles. The third kappa shape index (κ3) is 6.16. The van der Waals surface area contributed by atoms with Gasteiger partial charge in [0.05, 0.1) is 21.2 Å². The summed E-state index contributed by atoms with van der Waals surface area (Å²) in [6.45, 7) is 0. The van der Waals surface area contributed by atoms with Crippen LogP contribution in [0.4, 0.5) is 17.1 Å². The van der Waals surface area contributed by atoms with E-state index in [1.165, 1.54) is 6.07 Å². The molecule has 0 amide bonds. The summed E-state index contributed by atoms with van der Waals surface area (Å²) in [6.07, 6.45) is 0. The Kier molecular flexibility index (Phi) is 10.9. The maximum Gasteiger partial charge on any atom is 3.00 e. The molecule has 0 aliphatic heterocycles. The number of hydrogen-bond donors (Lipinski definition) is 0. The van der Waals surface area contributed by atoms with Crippen LogP contribution in [0.1, 0.15) is 0 Å². The standard InChI is InChI=1S/C16H11N3O7S.Cr.3H2O/c20-13-6-5-9-3-1-2-4-11(9)15(13)18-17-12-7-10(19(22)23)8-14(16(12)21)27(24,25)26;;;;/h1-8,20-21H,(H,24,25,26);;3*1H2/q;+3;;;/p-3. The monoisotopic (exact) mass is 492 g/mol. The van der Waals surface area contributed by atoms with Crippen LogP contribution in [0.15, 0.2) is 63.7 Å². The number of azo groups is 1. The summed E-state index contributed by atoms with van der Waals surface area (Å²) < 4.78 is 33.6.